The second-order valence-electron chi connectivity index (χ2n) is 3.77. The highest BCUT2D eigenvalue weighted by Crippen LogP contribution is 2.15. The third-order valence-corrected chi connectivity index (χ3v) is 5.40. The van der Waals surface area contributed by atoms with Crippen LogP contribution in [-0.2, 0) is 18.4 Å². The van der Waals surface area contributed by atoms with Gasteiger partial charge < -0.3 is 13.6 Å². The first-order chi connectivity index (χ1) is 8.14. The van der Waals surface area contributed by atoms with Crippen molar-refractivity contribution in [3.63, 3.8) is 0 Å². The molecule has 0 aliphatic heterocycles. The summed E-state index contributed by atoms with van der Waals surface area (Å²) in [5.41, 5.74) is 0. The molecule has 0 N–H and O–H groups in total. The van der Waals surface area contributed by atoms with Crippen molar-refractivity contribution in [3.05, 3.63) is 12.7 Å². The largest absolute Gasteiger partial charge is 0.461 e. The molecule has 5 heteroatoms. The molecule has 0 rings (SSSR count). The summed E-state index contributed by atoms with van der Waals surface area (Å²) in [5, 5.41) is 0. The van der Waals surface area contributed by atoms with E-state index in [1.54, 1.807) is 0 Å². The van der Waals surface area contributed by atoms with E-state index in [0.717, 1.165) is 25.0 Å². The molecule has 0 fully saturated rings. The molecule has 0 unspecified atom stereocenters. The molecule has 4 nitrogen and oxygen atoms in total. The molecule has 17 heavy (non-hydrogen) atoms. The number of carbonyl (C=O) groups excluding carboxylic acids is 1. The van der Waals surface area contributed by atoms with Crippen molar-refractivity contribution in [1.29, 1.82) is 0 Å². The Morgan fingerprint density at radius 3 is 2.06 bits per heavy atom. The van der Waals surface area contributed by atoms with Gasteiger partial charge in [-0.15, -0.1) is 0 Å². The Bertz CT molecular complexity index is 223. The normalized spacial score (nSPS) is 11.2. The zero-order valence-electron chi connectivity index (χ0n) is 11.2. The van der Waals surface area contributed by atoms with Gasteiger partial charge in [-0.1, -0.05) is 27.4 Å². The predicted octanol–water partition coefficient (Wildman–Crippen LogP) is 2.57. The Balaban J connectivity index is 4.41. The highest BCUT2D eigenvalue weighted by molar-refractivity contribution is 6.67. The molecule has 0 heterocycles. The maximum atomic E-state index is 11.1. The quantitative estimate of drug-likeness (QED) is 0.344. The fourth-order valence-electron chi connectivity index (χ4n) is 1.25. The van der Waals surface area contributed by atoms with Crippen molar-refractivity contribution in [3.8, 4) is 0 Å². The molecule has 100 valence electrons. The zero-order chi connectivity index (χ0) is 13.1. The van der Waals surface area contributed by atoms with E-state index >= 15 is 0 Å². The van der Waals surface area contributed by atoms with Crippen LogP contribution in [0.5, 0.6) is 0 Å². The summed E-state index contributed by atoms with van der Waals surface area (Å²) in [6.07, 6.45) is 3.27. The van der Waals surface area contributed by atoms with Crippen LogP contribution in [0.1, 0.15) is 33.6 Å². The molecule has 0 saturated heterocycles. The first-order valence-corrected chi connectivity index (χ1v) is 8.44. The monoisotopic (exact) mass is 260 g/mol. The van der Waals surface area contributed by atoms with Gasteiger partial charge in [0.25, 0.3) is 0 Å². The fraction of sp³-hybridized carbons (Fsp3) is 0.750. The Hall–Kier alpha value is -0.653. The van der Waals surface area contributed by atoms with E-state index < -0.39 is 14.5 Å². The molecular weight excluding hydrogens is 236 g/mol. The van der Waals surface area contributed by atoms with E-state index in [0.29, 0.717) is 13.2 Å². The molecule has 0 aromatic rings. The Kier molecular flexibility index (Phi) is 9.02. The lowest BCUT2D eigenvalue weighted by Crippen LogP contribution is -2.47. The molecule has 0 radical (unpaired) electrons. The van der Waals surface area contributed by atoms with Crippen molar-refractivity contribution in [1.82, 2.24) is 0 Å². The van der Waals surface area contributed by atoms with Crippen molar-refractivity contribution in [2.45, 2.75) is 39.7 Å². The fourth-order valence-corrected chi connectivity index (χ4v) is 3.62. The molecule has 0 saturated carbocycles. The number of esters is 1. The van der Waals surface area contributed by atoms with Crippen molar-refractivity contribution in [2.24, 2.45) is 0 Å². The molecule has 0 aliphatic carbocycles. The topological polar surface area (TPSA) is 44.8 Å². The van der Waals surface area contributed by atoms with Gasteiger partial charge in [-0.2, -0.15) is 0 Å². The zero-order valence-corrected chi connectivity index (χ0v) is 12.2. The lowest BCUT2D eigenvalue weighted by molar-refractivity contribution is -0.136. The number of hydrogen-bond donors (Lipinski definition) is 0. The lowest BCUT2D eigenvalue weighted by Gasteiger charge is -2.28. The molecule has 0 amide bonds. The van der Waals surface area contributed by atoms with Gasteiger partial charge in [0.05, 0.1) is 0 Å². The summed E-state index contributed by atoms with van der Waals surface area (Å²) in [6.45, 7) is 10.8. The van der Waals surface area contributed by atoms with Crippen LogP contribution in [0.4, 0.5) is 0 Å². The van der Waals surface area contributed by atoms with Gasteiger partial charge in [0.1, 0.15) is 6.23 Å². The third kappa shape index (κ3) is 6.60. The van der Waals surface area contributed by atoms with Gasteiger partial charge in [0.2, 0.25) is 0 Å². The summed E-state index contributed by atoms with van der Waals surface area (Å²) < 4.78 is 16.8. The predicted molar refractivity (Wildman–Crippen MR) is 69.9 cm³/mol. The van der Waals surface area contributed by atoms with Gasteiger partial charge in [-0.25, -0.2) is 4.79 Å². The van der Waals surface area contributed by atoms with Crippen LogP contribution >= 0.6 is 0 Å². The lowest BCUT2D eigenvalue weighted by atomic mass is 10.5. The first kappa shape index (κ1) is 16.3. The Labute approximate surface area is 105 Å². The Morgan fingerprint density at radius 1 is 1.18 bits per heavy atom. The van der Waals surface area contributed by atoms with Crippen LogP contribution in [0.15, 0.2) is 12.7 Å². The average Bonchev–Trinajstić information content (AvgIpc) is 2.38. The average molecular weight is 260 g/mol. The van der Waals surface area contributed by atoms with E-state index in [1.165, 1.54) is 0 Å². The molecule has 0 bridgehead atoms. The minimum absolute atomic E-state index is 0.244. The van der Waals surface area contributed by atoms with Gasteiger partial charge in [0.15, 0.2) is 0 Å². The number of rotatable bonds is 10. The standard InChI is InChI=1S/C12H24O4Si/c1-5-9-15-17(8-4,16-10-6-2)11-14-12(13)7-3/h7H,3,5-6,8-11H2,1-2,4H3. The van der Waals surface area contributed by atoms with Crippen LogP contribution < -0.4 is 0 Å². The van der Waals surface area contributed by atoms with E-state index in [-0.39, 0.29) is 6.23 Å². The smallest absolute Gasteiger partial charge is 0.376 e. The summed E-state index contributed by atoms with van der Waals surface area (Å²) in [6, 6.07) is 0.775. The molecular formula is C12H24O4Si. The van der Waals surface area contributed by atoms with E-state index in [9.17, 15) is 4.79 Å². The van der Waals surface area contributed by atoms with Crippen molar-refractivity contribution in [2.75, 3.05) is 19.4 Å². The number of carbonyl (C=O) groups is 1. The van der Waals surface area contributed by atoms with Gasteiger partial charge in [-0.05, 0) is 18.9 Å². The van der Waals surface area contributed by atoms with Gasteiger partial charge >= 0.3 is 14.5 Å². The molecule has 0 atom stereocenters. The number of hydrogen-bond acceptors (Lipinski definition) is 4. The second-order valence-corrected chi connectivity index (χ2v) is 7.17. The molecule has 0 spiro atoms. The Morgan fingerprint density at radius 2 is 1.71 bits per heavy atom. The maximum absolute atomic E-state index is 11.1. The van der Waals surface area contributed by atoms with Gasteiger partial charge in [0, 0.05) is 19.3 Å². The second kappa shape index (κ2) is 9.38. The summed E-state index contributed by atoms with van der Waals surface area (Å²) in [4.78, 5) is 11.1. The highest BCUT2D eigenvalue weighted by atomic mass is 28.4. The molecule has 0 aromatic carbocycles. The van der Waals surface area contributed by atoms with Crippen LogP contribution in [0, 0.1) is 0 Å². The molecule has 0 aromatic heterocycles. The van der Waals surface area contributed by atoms with Crippen molar-refractivity contribution >= 4 is 14.5 Å². The van der Waals surface area contributed by atoms with E-state index in [2.05, 4.69) is 6.58 Å². The van der Waals surface area contributed by atoms with Crippen molar-refractivity contribution < 1.29 is 18.4 Å². The minimum atomic E-state index is -2.38. The molecule has 0 aliphatic rings. The summed E-state index contributed by atoms with van der Waals surface area (Å²) in [5.74, 6) is -0.421. The first-order valence-electron chi connectivity index (χ1n) is 6.21. The minimum Gasteiger partial charge on any atom is -0.461 e. The van der Waals surface area contributed by atoms with Crippen LogP contribution in [-0.4, -0.2) is 34.0 Å². The number of ether oxygens (including phenoxy) is 1. The van der Waals surface area contributed by atoms with Crippen LogP contribution in [0.2, 0.25) is 6.04 Å². The third-order valence-electron chi connectivity index (χ3n) is 2.28. The summed E-state index contributed by atoms with van der Waals surface area (Å²) >= 11 is 0. The van der Waals surface area contributed by atoms with E-state index in [1.807, 2.05) is 20.8 Å². The maximum Gasteiger partial charge on any atom is 0.376 e. The van der Waals surface area contributed by atoms with Crippen LogP contribution in [0.3, 0.4) is 0 Å². The van der Waals surface area contributed by atoms with Crippen LogP contribution in [0.25, 0.3) is 0 Å². The highest BCUT2D eigenvalue weighted by Gasteiger charge is 2.37. The SMILES string of the molecule is C=CC(=O)OC[Si](CC)(OCCC)OCCC. The van der Waals surface area contributed by atoms with E-state index in [4.69, 9.17) is 13.6 Å². The summed E-state index contributed by atoms with van der Waals surface area (Å²) in [7, 11) is -2.38. The van der Waals surface area contributed by atoms with Gasteiger partial charge in [-0.3, -0.25) is 0 Å².